The number of aromatic nitrogens is 2. The van der Waals surface area contributed by atoms with Crippen LogP contribution in [0.4, 0.5) is 17.6 Å². The Morgan fingerprint density at radius 3 is 2.44 bits per heavy atom. The maximum absolute atomic E-state index is 15.0. The van der Waals surface area contributed by atoms with Crippen molar-refractivity contribution in [3.05, 3.63) is 83.3 Å². The summed E-state index contributed by atoms with van der Waals surface area (Å²) in [6.45, 7) is 0. The molecule has 1 fully saturated rings. The zero-order valence-electron chi connectivity index (χ0n) is 20.2. The lowest BCUT2D eigenvalue weighted by Gasteiger charge is -2.14. The molecule has 12 heteroatoms. The van der Waals surface area contributed by atoms with E-state index in [0.717, 1.165) is 18.5 Å². The van der Waals surface area contributed by atoms with Gasteiger partial charge in [0, 0.05) is 11.0 Å². The number of fused-ring (bicyclic) bond motifs is 1. The number of hydrogen-bond acceptors (Lipinski definition) is 8. The highest BCUT2D eigenvalue weighted by Gasteiger charge is 2.47. The van der Waals surface area contributed by atoms with Gasteiger partial charge in [0.25, 0.3) is 0 Å². The molecule has 202 valence electrons. The predicted octanol–water partition coefficient (Wildman–Crippen LogP) is 5.40. The SMILES string of the molecule is N[C@@H](CCc1ccc(-c2nc3ccc(C4(c5ccccc5)CC4)nc3s2)c(F)c1)C(=O)OOC(=O)C(F)(F)F. The number of benzene rings is 2. The molecule has 0 saturated heterocycles. The minimum Gasteiger partial charge on any atom is -0.318 e. The molecule has 0 spiro atoms. The van der Waals surface area contributed by atoms with E-state index in [1.807, 2.05) is 30.3 Å². The lowest BCUT2D eigenvalue weighted by molar-refractivity contribution is -0.286. The van der Waals surface area contributed by atoms with E-state index in [9.17, 15) is 22.8 Å². The van der Waals surface area contributed by atoms with Crippen molar-refractivity contribution in [2.75, 3.05) is 0 Å². The van der Waals surface area contributed by atoms with Gasteiger partial charge in [0.1, 0.15) is 27.2 Å². The van der Waals surface area contributed by atoms with Crippen molar-refractivity contribution in [2.45, 2.75) is 43.3 Å². The smallest absolute Gasteiger partial charge is 0.318 e. The first-order valence-electron chi connectivity index (χ1n) is 11.9. The summed E-state index contributed by atoms with van der Waals surface area (Å²) < 4.78 is 51.4. The molecule has 7 nitrogen and oxygen atoms in total. The van der Waals surface area contributed by atoms with Gasteiger partial charge in [0.05, 0.1) is 5.69 Å². The van der Waals surface area contributed by atoms with Crippen LogP contribution in [0.25, 0.3) is 20.9 Å². The van der Waals surface area contributed by atoms with E-state index in [2.05, 4.69) is 26.9 Å². The third kappa shape index (κ3) is 5.62. The molecule has 1 atom stereocenters. The highest BCUT2D eigenvalue weighted by Crippen LogP contribution is 2.53. The number of carbonyl (C=O) groups is 2. The fourth-order valence-electron chi connectivity index (χ4n) is 4.29. The molecule has 1 aliphatic carbocycles. The topological polar surface area (TPSA) is 104 Å². The molecule has 2 aromatic carbocycles. The minimum atomic E-state index is -5.31. The number of alkyl halides is 3. The van der Waals surface area contributed by atoms with Gasteiger partial charge in [-0.2, -0.15) is 13.2 Å². The van der Waals surface area contributed by atoms with Crippen LogP contribution in [0, 0.1) is 5.82 Å². The van der Waals surface area contributed by atoms with Crippen molar-refractivity contribution < 1.29 is 36.9 Å². The van der Waals surface area contributed by atoms with Gasteiger partial charge in [-0.3, -0.25) is 0 Å². The maximum atomic E-state index is 15.0. The number of pyridine rings is 1. The average molecular weight is 560 g/mol. The summed E-state index contributed by atoms with van der Waals surface area (Å²) in [4.78, 5) is 39.7. The average Bonchev–Trinajstić information content (AvgIpc) is 3.62. The molecular formula is C27H21F4N3O4S. The summed E-state index contributed by atoms with van der Waals surface area (Å²) in [5, 5.41) is 0.468. The normalized spacial score (nSPS) is 15.1. The number of carbonyl (C=O) groups excluding carboxylic acids is 2. The second-order valence-corrected chi connectivity index (χ2v) is 10.2. The van der Waals surface area contributed by atoms with Crippen LogP contribution in [-0.2, 0) is 31.2 Å². The number of rotatable bonds is 7. The van der Waals surface area contributed by atoms with Crippen molar-refractivity contribution in [1.29, 1.82) is 0 Å². The Kier molecular flexibility index (Phi) is 7.08. The van der Waals surface area contributed by atoms with Gasteiger partial charge in [-0.1, -0.05) is 47.7 Å². The van der Waals surface area contributed by atoms with Crippen molar-refractivity contribution in [3.8, 4) is 10.6 Å². The first kappa shape index (κ1) is 26.7. The van der Waals surface area contributed by atoms with E-state index in [4.69, 9.17) is 10.7 Å². The van der Waals surface area contributed by atoms with Gasteiger partial charge >= 0.3 is 18.1 Å². The summed E-state index contributed by atoms with van der Waals surface area (Å²) in [6, 6.07) is 17.2. The van der Waals surface area contributed by atoms with Crippen molar-refractivity contribution in [2.24, 2.45) is 5.73 Å². The highest BCUT2D eigenvalue weighted by molar-refractivity contribution is 7.21. The Hall–Kier alpha value is -3.90. The fourth-order valence-corrected chi connectivity index (χ4v) is 5.25. The van der Waals surface area contributed by atoms with Gasteiger partial charge in [-0.25, -0.2) is 33.7 Å². The van der Waals surface area contributed by atoms with Crippen LogP contribution in [0.1, 0.15) is 36.1 Å². The number of halogens is 4. The molecule has 0 bridgehead atoms. The van der Waals surface area contributed by atoms with E-state index in [1.165, 1.54) is 23.0 Å². The van der Waals surface area contributed by atoms with Crippen LogP contribution in [0.3, 0.4) is 0 Å². The van der Waals surface area contributed by atoms with Gasteiger partial charge in [-0.05, 0) is 61.1 Å². The van der Waals surface area contributed by atoms with E-state index >= 15 is 4.39 Å². The second kappa shape index (κ2) is 10.3. The van der Waals surface area contributed by atoms with Crippen LogP contribution >= 0.6 is 11.3 Å². The summed E-state index contributed by atoms with van der Waals surface area (Å²) in [5.74, 6) is -4.57. The zero-order valence-corrected chi connectivity index (χ0v) is 21.0. The van der Waals surface area contributed by atoms with Gasteiger partial charge in [0.2, 0.25) is 0 Å². The zero-order chi connectivity index (χ0) is 27.8. The van der Waals surface area contributed by atoms with Gasteiger partial charge < -0.3 is 5.73 Å². The molecule has 4 aromatic rings. The van der Waals surface area contributed by atoms with E-state index in [1.54, 1.807) is 12.1 Å². The summed E-state index contributed by atoms with van der Waals surface area (Å²) >= 11 is 1.29. The second-order valence-electron chi connectivity index (χ2n) is 9.22. The Balaban J connectivity index is 1.25. The first-order valence-corrected chi connectivity index (χ1v) is 12.8. The van der Waals surface area contributed by atoms with Crippen molar-refractivity contribution in [1.82, 2.24) is 9.97 Å². The molecule has 2 heterocycles. The third-order valence-electron chi connectivity index (χ3n) is 6.56. The molecule has 5 rings (SSSR count). The summed E-state index contributed by atoms with van der Waals surface area (Å²) in [5.41, 5.74) is 9.13. The largest absolute Gasteiger partial charge is 0.495 e. The monoisotopic (exact) mass is 559 g/mol. The van der Waals surface area contributed by atoms with Gasteiger partial charge in [-0.15, -0.1) is 0 Å². The molecular weight excluding hydrogens is 538 g/mol. The number of nitrogens with two attached hydrogens (primary N) is 1. The Labute approximate surface area is 223 Å². The summed E-state index contributed by atoms with van der Waals surface area (Å²) in [7, 11) is 0. The van der Waals surface area contributed by atoms with E-state index < -0.39 is 30.0 Å². The fraction of sp³-hybridized carbons (Fsp3) is 0.259. The first-order chi connectivity index (χ1) is 18.6. The Bertz CT molecular complexity index is 1540. The lowest BCUT2D eigenvalue weighted by atomic mass is 9.92. The number of aryl methyl sites for hydroxylation is 1. The molecule has 0 radical (unpaired) electrons. The Morgan fingerprint density at radius 1 is 1.03 bits per heavy atom. The summed E-state index contributed by atoms with van der Waals surface area (Å²) in [6.07, 6.45) is -3.26. The molecule has 2 N–H and O–H groups in total. The van der Waals surface area contributed by atoms with Crippen LogP contribution in [-0.4, -0.2) is 34.1 Å². The van der Waals surface area contributed by atoms with E-state index in [-0.39, 0.29) is 23.8 Å². The Morgan fingerprint density at radius 2 is 1.77 bits per heavy atom. The van der Waals surface area contributed by atoms with Crippen molar-refractivity contribution >= 4 is 33.6 Å². The molecule has 0 aliphatic heterocycles. The lowest BCUT2D eigenvalue weighted by Crippen LogP contribution is -2.35. The molecule has 39 heavy (non-hydrogen) atoms. The number of nitrogens with zero attached hydrogens (tertiary/aromatic N) is 2. The number of thiazole rings is 1. The molecule has 0 unspecified atom stereocenters. The van der Waals surface area contributed by atoms with Crippen LogP contribution in [0.2, 0.25) is 0 Å². The quantitative estimate of drug-likeness (QED) is 0.184. The molecule has 0 amide bonds. The molecule has 1 aliphatic rings. The van der Waals surface area contributed by atoms with Crippen LogP contribution in [0.15, 0.2) is 60.7 Å². The maximum Gasteiger partial charge on any atom is 0.495 e. The molecule has 2 aromatic heterocycles. The van der Waals surface area contributed by atoms with Crippen molar-refractivity contribution in [3.63, 3.8) is 0 Å². The van der Waals surface area contributed by atoms with Crippen LogP contribution < -0.4 is 5.73 Å². The van der Waals surface area contributed by atoms with Gasteiger partial charge in [0.15, 0.2) is 0 Å². The minimum absolute atomic E-state index is 0.0851. The van der Waals surface area contributed by atoms with E-state index in [0.29, 0.717) is 20.9 Å². The third-order valence-corrected chi connectivity index (χ3v) is 7.56. The predicted molar refractivity (Wildman–Crippen MR) is 134 cm³/mol. The van der Waals surface area contributed by atoms with Crippen LogP contribution in [0.5, 0.6) is 0 Å². The standard InChI is InChI=1S/C27H21F4N3O4S/c28-18-14-15(7-9-19(32)24(35)37-38-25(36)27(29,30)31)6-8-17(18)22-33-20-10-11-21(34-23(20)39-22)26(12-13-26)16-4-2-1-3-5-16/h1-6,8,10-11,14,19H,7,9,12-13,32H2/t19-/m0/s1. The highest BCUT2D eigenvalue weighted by atomic mass is 32.1. The number of hydrogen-bond donors (Lipinski definition) is 1. The molecule has 1 saturated carbocycles.